The SMILES string of the molecule is c1ccc(-c2ccccc2-c2cccc(-c3ccc(N(c4ccc(-c5cccc6cccc(-c7ccccc7)c56)cc4)c4cccc5c4sc4c(-c6ccccc6)cccc45)cc3)c2)cc1. The van der Waals surface area contributed by atoms with Crippen LogP contribution in [0, 0.1) is 0 Å². The van der Waals surface area contributed by atoms with Crippen LogP contribution in [0.2, 0.25) is 0 Å². The van der Waals surface area contributed by atoms with Gasteiger partial charge in [0.2, 0.25) is 0 Å². The van der Waals surface area contributed by atoms with E-state index in [-0.39, 0.29) is 0 Å². The van der Waals surface area contributed by atoms with Crippen LogP contribution >= 0.6 is 11.3 Å². The van der Waals surface area contributed by atoms with Crippen LogP contribution in [0.25, 0.3) is 97.7 Å². The second-order valence-corrected chi connectivity index (χ2v) is 17.8. The van der Waals surface area contributed by atoms with Gasteiger partial charge in [0.05, 0.1) is 10.4 Å². The molecule has 0 saturated heterocycles. The van der Waals surface area contributed by atoms with Gasteiger partial charge in [0, 0.05) is 26.8 Å². The fourth-order valence-electron chi connectivity index (χ4n) is 9.76. The Morgan fingerprint density at radius 1 is 0.258 bits per heavy atom. The van der Waals surface area contributed by atoms with Gasteiger partial charge in [-0.15, -0.1) is 11.3 Å². The monoisotopic (exact) mass is 857 g/mol. The van der Waals surface area contributed by atoms with Gasteiger partial charge in [-0.25, -0.2) is 0 Å². The van der Waals surface area contributed by atoms with Crippen molar-refractivity contribution in [3.8, 4) is 66.8 Å². The third kappa shape index (κ3) is 7.15. The summed E-state index contributed by atoms with van der Waals surface area (Å²) in [6.07, 6.45) is 0. The standard InChI is InChI=1S/C64H43NS/c1-4-17-45(18-5-1)54-27-10-11-28-55(54)51-26-12-25-50(43-51)44-35-39-52(40-36-44)65(61-34-16-33-60-59-32-15-31-58(63(59)66-64(60)61)47-21-8-3-9-22-47)53-41-37-48(38-42-53)57-30-14-24-49-23-13-29-56(62(49)57)46-19-6-2-7-20-46/h1-43H. The number of anilines is 3. The fourth-order valence-corrected chi connectivity index (χ4v) is 11.1. The molecule has 1 nitrogen and oxygen atoms in total. The van der Waals surface area contributed by atoms with Crippen molar-refractivity contribution in [3.63, 3.8) is 0 Å². The zero-order valence-electron chi connectivity index (χ0n) is 36.2. The van der Waals surface area contributed by atoms with E-state index in [0.717, 1.165) is 17.1 Å². The first kappa shape index (κ1) is 39.3. The molecule has 2 heteroatoms. The molecule has 0 radical (unpaired) electrons. The lowest BCUT2D eigenvalue weighted by molar-refractivity contribution is 1.30. The minimum Gasteiger partial charge on any atom is -0.309 e. The second kappa shape index (κ2) is 17.0. The molecule has 0 aliphatic heterocycles. The van der Waals surface area contributed by atoms with Gasteiger partial charge >= 0.3 is 0 Å². The molecule has 0 unspecified atom stereocenters. The van der Waals surface area contributed by atoms with E-state index in [1.165, 1.54) is 97.7 Å². The Morgan fingerprint density at radius 2 is 0.667 bits per heavy atom. The van der Waals surface area contributed by atoms with Crippen molar-refractivity contribution in [2.45, 2.75) is 0 Å². The Bertz CT molecular complexity index is 3660. The summed E-state index contributed by atoms with van der Waals surface area (Å²) < 4.78 is 2.56. The third-order valence-electron chi connectivity index (χ3n) is 12.9. The van der Waals surface area contributed by atoms with E-state index in [2.05, 4.69) is 266 Å². The Kier molecular flexibility index (Phi) is 10.1. The lowest BCUT2D eigenvalue weighted by atomic mass is 9.91. The zero-order chi connectivity index (χ0) is 43.8. The van der Waals surface area contributed by atoms with Crippen LogP contribution in [0.4, 0.5) is 17.1 Å². The first-order valence-electron chi connectivity index (χ1n) is 22.6. The van der Waals surface area contributed by atoms with E-state index in [1.54, 1.807) is 0 Å². The molecule has 0 aliphatic rings. The second-order valence-electron chi connectivity index (χ2n) is 16.8. The summed E-state index contributed by atoms with van der Waals surface area (Å²) >= 11 is 1.89. The minimum absolute atomic E-state index is 1.10. The summed E-state index contributed by atoms with van der Waals surface area (Å²) in [5, 5.41) is 5.04. The molecule has 1 aromatic heterocycles. The highest BCUT2D eigenvalue weighted by atomic mass is 32.1. The molecule has 0 fully saturated rings. The Labute approximate surface area is 389 Å². The van der Waals surface area contributed by atoms with E-state index in [9.17, 15) is 0 Å². The van der Waals surface area contributed by atoms with Crippen LogP contribution < -0.4 is 4.90 Å². The largest absolute Gasteiger partial charge is 0.309 e. The third-order valence-corrected chi connectivity index (χ3v) is 14.2. The molecule has 0 N–H and O–H groups in total. The number of hydrogen-bond acceptors (Lipinski definition) is 2. The van der Waals surface area contributed by atoms with Crippen molar-refractivity contribution in [1.29, 1.82) is 0 Å². The van der Waals surface area contributed by atoms with Gasteiger partial charge in [-0.1, -0.05) is 224 Å². The smallest absolute Gasteiger partial charge is 0.0640 e. The number of nitrogens with zero attached hydrogens (tertiary/aromatic N) is 1. The van der Waals surface area contributed by atoms with Crippen molar-refractivity contribution >= 4 is 59.3 Å². The molecule has 1 heterocycles. The van der Waals surface area contributed by atoms with Crippen LogP contribution in [0.3, 0.4) is 0 Å². The van der Waals surface area contributed by atoms with E-state index in [4.69, 9.17) is 0 Å². The zero-order valence-corrected chi connectivity index (χ0v) is 37.0. The molecule has 0 atom stereocenters. The molecule has 0 aliphatic carbocycles. The topological polar surface area (TPSA) is 3.24 Å². The van der Waals surface area contributed by atoms with E-state index in [0.29, 0.717) is 0 Å². The molecular formula is C64H43NS. The van der Waals surface area contributed by atoms with Crippen LogP contribution in [-0.4, -0.2) is 0 Å². The first-order chi connectivity index (χ1) is 32.7. The number of thiophene rings is 1. The van der Waals surface area contributed by atoms with Crippen LogP contribution in [0.15, 0.2) is 261 Å². The fraction of sp³-hybridized carbons (Fsp3) is 0. The normalized spacial score (nSPS) is 11.3. The quantitative estimate of drug-likeness (QED) is 0.140. The molecule has 0 bridgehead atoms. The number of hydrogen-bond donors (Lipinski definition) is 0. The van der Waals surface area contributed by atoms with Gasteiger partial charge in [0.25, 0.3) is 0 Å². The highest BCUT2D eigenvalue weighted by Crippen LogP contribution is 2.48. The van der Waals surface area contributed by atoms with E-state index >= 15 is 0 Å². The van der Waals surface area contributed by atoms with Crippen molar-refractivity contribution in [3.05, 3.63) is 261 Å². The predicted molar refractivity (Wildman–Crippen MR) is 284 cm³/mol. The predicted octanol–water partition coefficient (Wildman–Crippen LogP) is 18.7. The van der Waals surface area contributed by atoms with Crippen molar-refractivity contribution in [2.24, 2.45) is 0 Å². The van der Waals surface area contributed by atoms with Gasteiger partial charge in [-0.2, -0.15) is 0 Å². The van der Waals surface area contributed by atoms with Gasteiger partial charge in [0.1, 0.15) is 0 Å². The maximum absolute atomic E-state index is 2.44. The number of fused-ring (bicyclic) bond motifs is 4. The molecule has 66 heavy (non-hydrogen) atoms. The summed E-state index contributed by atoms with van der Waals surface area (Å²) in [5.74, 6) is 0. The van der Waals surface area contributed by atoms with Gasteiger partial charge in [0.15, 0.2) is 0 Å². The van der Waals surface area contributed by atoms with Crippen LogP contribution in [-0.2, 0) is 0 Å². The first-order valence-corrected chi connectivity index (χ1v) is 23.4. The van der Waals surface area contributed by atoms with Crippen molar-refractivity contribution < 1.29 is 0 Å². The van der Waals surface area contributed by atoms with Gasteiger partial charge in [-0.3, -0.25) is 0 Å². The molecule has 0 spiro atoms. The van der Waals surface area contributed by atoms with Crippen LogP contribution in [0.5, 0.6) is 0 Å². The molecule has 310 valence electrons. The summed E-state index contributed by atoms with van der Waals surface area (Å²) in [7, 11) is 0. The number of rotatable bonds is 9. The Morgan fingerprint density at radius 3 is 1.29 bits per heavy atom. The molecule has 11 aromatic carbocycles. The Balaban J connectivity index is 0.983. The summed E-state index contributed by atoms with van der Waals surface area (Å²) in [5.41, 5.74) is 18.0. The Hall–Kier alpha value is -8.30. The lowest BCUT2D eigenvalue weighted by Gasteiger charge is -2.26. The molecule has 0 amide bonds. The number of benzene rings is 11. The summed E-state index contributed by atoms with van der Waals surface area (Å²) in [6, 6.07) is 94.9. The molecule has 0 saturated carbocycles. The van der Waals surface area contributed by atoms with E-state index < -0.39 is 0 Å². The highest BCUT2D eigenvalue weighted by molar-refractivity contribution is 7.27. The van der Waals surface area contributed by atoms with Crippen molar-refractivity contribution in [1.82, 2.24) is 0 Å². The molecule has 12 rings (SSSR count). The maximum Gasteiger partial charge on any atom is 0.0640 e. The van der Waals surface area contributed by atoms with Crippen molar-refractivity contribution in [2.75, 3.05) is 4.90 Å². The molecular weight excluding hydrogens is 815 g/mol. The average molecular weight is 858 g/mol. The van der Waals surface area contributed by atoms with Crippen LogP contribution in [0.1, 0.15) is 0 Å². The van der Waals surface area contributed by atoms with Gasteiger partial charge in [-0.05, 0) is 114 Å². The average Bonchev–Trinajstić information content (AvgIpc) is 3.79. The molecule has 12 aromatic rings. The van der Waals surface area contributed by atoms with E-state index in [1.807, 2.05) is 11.3 Å². The summed E-state index contributed by atoms with van der Waals surface area (Å²) in [4.78, 5) is 2.44. The summed E-state index contributed by atoms with van der Waals surface area (Å²) in [6.45, 7) is 0. The minimum atomic E-state index is 1.10. The van der Waals surface area contributed by atoms with Gasteiger partial charge < -0.3 is 4.90 Å². The highest BCUT2D eigenvalue weighted by Gasteiger charge is 2.20. The lowest BCUT2D eigenvalue weighted by Crippen LogP contribution is -2.10. The maximum atomic E-state index is 2.44.